The fourth-order valence-corrected chi connectivity index (χ4v) is 2.22. The van der Waals surface area contributed by atoms with Crippen LogP contribution in [-0.4, -0.2) is 29.1 Å². The van der Waals surface area contributed by atoms with Crippen LogP contribution in [0.2, 0.25) is 5.02 Å². The molecule has 1 atom stereocenters. The lowest BCUT2D eigenvalue weighted by molar-refractivity contribution is -0.121. The molecule has 0 saturated heterocycles. The number of aryl methyl sites for hydroxylation is 1. The van der Waals surface area contributed by atoms with Crippen molar-refractivity contribution in [3.05, 3.63) is 41.4 Å². The number of carbonyl (C=O) groups excluding carboxylic acids is 1. The van der Waals surface area contributed by atoms with Crippen LogP contribution in [0.3, 0.4) is 0 Å². The third-order valence-corrected chi connectivity index (χ3v) is 3.77. The monoisotopic (exact) mass is 336 g/mol. The normalized spacial score (nSPS) is 12.1. The number of aliphatic hydroxyl groups excluding tert-OH is 1. The van der Waals surface area contributed by atoms with E-state index in [1.165, 1.54) is 0 Å². The van der Waals surface area contributed by atoms with E-state index in [0.29, 0.717) is 42.5 Å². The standard InChI is InChI=1S/C17H21ClN2O3/c1-12(8-9-21)10-19-16(22)6-7-17-20-11-15(23-17)13-2-4-14(18)5-3-13/h2-5,11-12,21H,6-10H2,1H3,(H,19,22). The largest absolute Gasteiger partial charge is 0.441 e. The number of hydrogen-bond acceptors (Lipinski definition) is 4. The van der Waals surface area contributed by atoms with E-state index in [1.54, 1.807) is 18.3 Å². The van der Waals surface area contributed by atoms with E-state index in [-0.39, 0.29) is 18.4 Å². The lowest BCUT2D eigenvalue weighted by atomic mass is 10.1. The third-order valence-electron chi connectivity index (χ3n) is 3.52. The van der Waals surface area contributed by atoms with Crippen LogP contribution in [0.5, 0.6) is 0 Å². The molecule has 1 unspecified atom stereocenters. The fraction of sp³-hybridized carbons (Fsp3) is 0.412. The van der Waals surface area contributed by atoms with Gasteiger partial charge in [0.25, 0.3) is 0 Å². The van der Waals surface area contributed by atoms with Gasteiger partial charge in [-0.2, -0.15) is 0 Å². The van der Waals surface area contributed by atoms with Gasteiger partial charge in [0.1, 0.15) is 0 Å². The first kappa shape index (κ1) is 17.5. The molecule has 1 aromatic carbocycles. The van der Waals surface area contributed by atoms with Crippen molar-refractivity contribution < 1.29 is 14.3 Å². The summed E-state index contributed by atoms with van der Waals surface area (Å²) in [6, 6.07) is 7.31. The molecule has 0 fully saturated rings. The highest BCUT2D eigenvalue weighted by molar-refractivity contribution is 6.30. The number of nitrogens with zero attached hydrogens (tertiary/aromatic N) is 1. The van der Waals surface area contributed by atoms with Crippen LogP contribution in [0, 0.1) is 5.92 Å². The van der Waals surface area contributed by atoms with Gasteiger partial charge < -0.3 is 14.8 Å². The maximum Gasteiger partial charge on any atom is 0.220 e. The van der Waals surface area contributed by atoms with Gasteiger partial charge in [-0.15, -0.1) is 0 Å². The quantitative estimate of drug-likeness (QED) is 0.776. The topological polar surface area (TPSA) is 75.4 Å². The SMILES string of the molecule is CC(CCO)CNC(=O)CCc1ncc(-c2ccc(Cl)cc2)o1. The molecule has 0 aliphatic carbocycles. The second kappa shape index (κ2) is 8.70. The van der Waals surface area contributed by atoms with E-state index in [4.69, 9.17) is 21.1 Å². The predicted molar refractivity (Wildman–Crippen MR) is 89.1 cm³/mol. The minimum Gasteiger partial charge on any atom is -0.441 e. The maximum atomic E-state index is 11.8. The summed E-state index contributed by atoms with van der Waals surface area (Å²) >= 11 is 5.86. The fourth-order valence-electron chi connectivity index (χ4n) is 2.09. The average molecular weight is 337 g/mol. The number of halogens is 1. The van der Waals surface area contributed by atoms with Crippen molar-refractivity contribution in [2.75, 3.05) is 13.2 Å². The molecule has 0 radical (unpaired) electrons. The van der Waals surface area contributed by atoms with Crippen molar-refractivity contribution in [3.8, 4) is 11.3 Å². The first-order valence-electron chi connectivity index (χ1n) is 7.66. The molecular weight excluding hydrogens is 316 g/mol. The Morgan fingerprint density at radius 1 is 1.39 bits per heavy atom. The zero-order valence-electron chi connectivity index (χ0n) is 13.1. The van der Waals surface area contributed by atoms with Crippen LogP contribution in [0.1, 0.15) is 25.7 Å². The molecular formula is C17H21ClN2O3. The van der Waals surface area contributed by atoms with Crippen molar-refractivity contribution in [3.63, 3.8) is 0 Å². The summed E-state index contributed by atoms with van der Waals surface area (Å²) in [6.07, 6.45) is 3.12. The summed E-state index contributed by atoms with van der Waals surface area (Å²) in [7, 11) is 0. The molecule has 5 nitrogen and oxygen atoms in total. The van der Waals surface area contributed by atoms with Gasteiger partial charge in [0.2, 0.25) is 5.91 Å². The maximum absolute atomic E-state index is 11.8. The third kappa shape index (κ3) is 5.69. The second-order valence-corrected chi connectivity index (χ2v) is 5.98. The first-order chi connectivity index (χ1) is 11.1. The first-order valence-corrected chi connectivity index (χ1v) is 8.04. The number of hydrogen-bond donors (Lipinski definition) is 2. The summed E-state index contributed by atoms with van der Waals surface area (Å²) < 4.78 is 5.66. The summed E-state index contributed by atoms with van der Waals surface area (Å²) in [4.78, 5) is 16.0. The number of aromatic nitrogens is 1. The zero-order valence-corrected chi connectivity index (χ0v) is 13.8. The number of carbonyl (C=O) groups is 1. The molecule has 2 N–H and O–H groups in total. The van der Waals surface area contributed by atoms with E-state index in [9.17, 15) is 4.79 Å². The van der Waals surface area contributed by atoms with Gasteiger partial charge in [-0.05, 0) is 36.6 Å². The minimum absolute atomic E-state index is 0.0407. The van der Waals surface area contributed by atoms with Crippen molar-refractivity contribution in [1.82, 2.24) is 10.3 Å². The van der Waals surface area contributed by atoms with Gasteiger partial charge in [-0.3, -0.25) is 4.79 Å². The zero-order chi connectivity index (χ0) is 16.7. The lowest BCUT2D eigenvalue weighted by Crippen LogP contribution is -2.28. The van der Waals surface area contributed by atoms with Gasteiger partial charge in [-0.1, -0.05) is 18.5 Å². The van der Waals surface area contributed by atoms with Crippen molar-refractivity contribution in [1.29, 1.82) is 0 Å². The molecule has 1 amide bonds. The molecule has 0 saturated carbocycles. The van der Waals surface area contributed by atoms with Crippen LogP contribution in [0.4, 0.5) is 0 Å². The van der Waals surface area contributed by atoms with Gasteiger partial charge in [0.15, 0.2) is 11.7 Å². The molecule has 2 aromatic rings. The number of oxazole rings is 1. The number of benzene rings is 1. The van der Waals surface area contributed by atoms with E-state index in [1.807, 2.05) is 19.1 Å². The van der Waals surface area contributed by atoms with Gasteiger partial charge in [0, 0.05) is 36.6 Å². The second-order valence-electron chi connectivity index (χ2n) is 5.55. The molecule has 0 aliphatic heterocycles. The Morgan fingerprint density at radius 2 is 2.13 bits per heavy atom. The van der Waals surface area contributed by atoms with Gasteiger partial charge >= 0.3 is 0 Å². The highest BCUT2D eigenvalue weighted by atomic mass is 35.5. The Morgan fingerprint density at radius 3 is 2.83 bits per heavy atom. The van der Waals surface area contributed by atoms with Crippen molar-refractivity contribution in [2.24, 2.45) is 5.92 Å². The molecule has 0 aliphatic rings. The molecule has 124 valence electrons. The average Bonchev–Trinajstić information content (AvgIpc) is 3.01. The number of nitrogens with one attached hydrogen (secondary N) is 1. The lowest BCUT2D eigenvalue weighted by Gasteiger charge is -2.10. The molecule has 23 heavy (non-hydrogen) atoms. The Hall–Kier alpha value is -1.85. The van der Waals surface area contributed by atoms with Crippen LogP contribution < -0.4 is 5.32 Å². The van der Waals surface area contributed by atoms with Crippen LogP contribution in [0.15, 0.2) is 34.9 Å². The van der Waals surface area contributed by atoms with Gasteiger partial charge in [-0.25, -0.2) is 4.98 Å². The molecule has 1 heterocycles. The van der Waals surface area contributed by atoms with E-state index in [0.717, 1.165) is 5.56 Å². The highest BCUT2D eigenvalue weighted by Crippen LogP contribution is 2.22. The van der Waals surface area contributed by atoms with Crippen molar-refractivity contribution >= 4 is 17.5 Å². The number of aliphatic hydroxyl groups is 1. The Kier molecular flexibility index (Phi) is 6.62. The summed E-state index contributed by atoms with van der Waals surface area (Å²) in [5.74, 6) is 1.42. The van der Waals surface area contributed by atoms with E-state index in [2.05, 4.69) is 10.3 Å². The molecule has 0 bridgehead atoms. The van der Waals surface area contributed by atoms with Crippen molar-refractivity contribution in [2.45, 2.75) is 26.2 Å². The summed E-state index contributed by atoms with van der Waals surface area (Å²) in [5, 5.41) is 12.3. The number of amides is 1. The number of rotatable bonds is 8. The molecule has 6 heteroatoms. The van der Waals surface area contributed by atoms with Crippen LogP contribution in [0.25, 0.3) is 11.3 Å². The Bertz CT molecular complexity index is 625. The molecule has 0 spiro atoms. The van der Waals surface area contributed by atoms with E-state index < -0.39 is 0 Å². The summed E-state index contributed by atoms with van der Waals surface area (Å²) in [6.45, 7) is 2.70. The molecule has 2 rings (SSSR count). The van der Waals surface area contributed by atoms with E-state index >= 15 is 0 Å². The summed E-state index contributed by atoms with van der Waals surface area (Å²) in [5.41, 5.74) is 0.899. The highest BCUT2D eigenvalue weighted by Gasteiger charge is 2.10. The minimum atomic E-state index is -0.0407. The molecule has 1 aromatic heterocycles. The van der Waals surface area contributed by atoms with Crippen LogP contribution in [-0.2, 0) is 11.2 Å². The Labute approximate surface area is 140 Å². The predicted octanol–water partition coefficient (Wildman–Crippen LogP) is 3.06. The Balaban J connectivity index is 1.80. The smallest absolute Gasteiger partial charge is 0.220 e. The van der Waals surface area contributed by atoms with Gasteiger partial charge in [0.05, 0.1) is 6.20 Å². The van der Waals surface area contributed by atoms with Crippen LogP contribution >= 0.6 is 11.6 Å².